The summed E-state index contributed by atoms with van der Waals surface area (Å²) in [4.78, 5) is 3.78. The lowest BCUT2D eigenvalue weighted by molar-refractivity contribution is 0.384. The Morgan fingerprint density at radius 3 is 2.56 bits per heavy atom. The minimum atomic E-state index is -0.335. The smallest absolute Gasteiger partial charge is 0.141 e. The number of hydrogen-bond donors (Lipinski definition) is 1. The van der Waals surface area contributed by atoms with E-state index in [4.69, 9.17) is 23.2 Å². The number of hydrogen-bond acceptors (Lipinski definition) is 2. The van der Waals surface area contributed by atoms with Crippen LogP contribution in [0.3, 0.4) is 0 Å². The molecule has 90 valence electrons. The molecule has 0 unspecified atom stereocenters. The summed E-state index contributed by atoms with van der Waals surface area (Å²) in [5, 5.41) is 3.26. The second-order valence-corrected chi connectivity index (χ2v) is 4.30. The monoisotopic (exact) mass is 264 g/mol. The van der Waals surface area contributed by atoms with E-state index in [0.717, 1.165) is 12.0 Å². The Labute approximate surface area is 105 Å². The van der Waals surface area contributed by atoms with E-state index in [1.165, 1.54) is 12.3 Å². The minimum absolute atomic E-state index is 0.296. The highest BCUT2D eigenvalue weighted by Gasteiger charge is 2.25. The molecule has 1 rings (SSSR count). The number of halogens is 3. The van der Waals surface area contributed by atoms with Gasteiger partial charge in [-0.1, -0.05) is 6.92 Å². The van der Waals surface area contributed by atoms with Crippen molar-refractivity contribution < 1.29 is 4.39 Å². The van der Waals surface area contributed by atoms with Crippen molar-refractivity contribution in [2.45, 2.75) is 25.4 Å². The predicted octanol–water partition coefficient (Wildman–Crippen LogP) is 2.94. The highest BCUT2D eigenvalue weighted by Crippen LogP contribution is 2.15. The van der Waals surface area contributed by atoms with Crippen LogP contribution in [-0.2, 0) is 6.54 Å². The molecule has 1 heterocycles. The fourth-order valence-electron chi connectivity index (χ4n) is 1.29. The Morgan fingerprint density at radius 1 is 1.38 bits per heavy atom. The molecule has 0 radical (unpaired) electrons. The van der Waals surface area contributed by atoms with Gasteiger partial charge in [0.2, 0.25) is 0 Å². The molecule has 0 spiro atoms. The third kappa shape index (κ3) is 3.58. The molecule has 1 N–H and O–H groups in total. The van der Waals surface area contributed by atoms with Crippen molar-refractivity contribution in [1.29, 1.82) is 0 Å². The van der Waals surface area contributed by atoms with Crippen LogP contribution in [0.2, 0.25) is 0 Å². The molecule has 0 aliphatic rings. The van der Waals surface area contributed by atoms with E-state index >= 15 is 0 Å². The molecule has 0 fully saturated rings. The molecule has 0 bridgehead atoms. The van der Waals surface area contributed by atoms with Crippen molar-refractivity contribution >= 4 is 23.2 Å². The summed E-state index contributed by atoms with van der Waals surface area (Å²) in [6.07, 6.45) is 3.63. The van der Waals surface area contributed by atoms with Gasteiger partial charge >= 0.3 is 0 Å². The zero-order valence-electron chi connectivity index (χ0n) is 9.14. The van der Waals surface area contributed by atoms with Crippen LogP contribution in [0.15, 0.2) is 18.5 Å². The maximum atomic E-state index is 12.9. The van der Waals surface area contributed by atoms with Gasteiger partial charge in [0.15, 0.2) is 0 Å². The Bertz CT molecular complexity index is 321. The zero-order valence-corrected chi connectivity index (χ0v) is 10.7. The van der Waals surface area contributed by atoms with Crippen molar-refractivity contribution in [2.75, 3.05) is 11.8 Å². The molecular formula is C11H15Cl2FN2. The maximum absolute atomic E-state index is 12.9. The molecule has 0 saturated carbocycles. The van der Waals surface area contributed by atoms with E-state index in [-0.39, 0.29) is 11.4 Å². The Kier molecular flexibility index (Phi) is 5.46. The van der Waals surface area contributed by atoms with E-state index in [0.29, 0.717) is 18.3 Å². The van der Waals surface area contributed by atoms with Gasteiger partial charge in [-0.05, 0) is 18.1 Å². The van der Waals surface area contributed by atoms with Gasteiger partial charge in [0, 0.05) is 30.0 Å². The van der Waals surface area contributed by atoms with Gasteiger partial charge in [-0.3, -0.25) is 4.98 Å². The summed E-state index contributed by atoms with van der Waals surface area (Å²) in [5.74, 6) is 0.518. The SMILES string of the molecule is CCC(CCl)(CCl)NCc1cncc(F)c1. The average Bonchev–Trinajstić information content (AvgIpc) is 2.32. The Hall–Kier alpha value is -0.380. The lowest BCUT2D eigenvalue weighted by Crippen LogP contribution is -2.47. The minimum Gasteiger partial charge on any atom is -0.305 e. The average molecular weight is 265 g/mol. The van der Waals surface area contributed by atoms with Gasteiger partial charge in [-0.25, -0.2) is 4.39 Å². The van der Waals surface area contributed by atoms with Gasteiger partial charge < -0.3 is 5.32 Å². The second kappa shape index (κ2) is 6.38. The summed E-state index contributed by atoms with van der Waals surface area (Å²) in [6, 6.07) is 1.45. The first-order valence-corrected chi connectivity index (χ1v) is 6.19. The molecule has 0 aromatic carbocycles. The second-order valence-electron chi connectivity index (χ2n) is 3.77. The van der Waals surface area contributed by atoms with Gasteiger partial charge in [0.1, 0.15) is 5.82 Å². The van der Waals surface area contributed by atoms with Crippen LogP contribution >= 0.6 is 23.2 Å². The summed E-state index contributed by atoms with van der Waals surface area (Å²) >= 11 is 11.8. The number of aromatic nitrogens is 1. The topological polar surface area (TPSA) is 24.9 Å². The van der Waals surface area contributed by atoms with E-state index in [9.17, 15) is 4.39 Å². The molecule has 1 aromatic heterocycles. The van der Waals surface area contributed by atoms with Crippen LogP contribution < -0.4 is 5.32 Å². The van der Waals surface area contributed by atoms with Crippen LogP contribution in [0.25, 0.3) is 0 Å². The number of nitrogens with one attached hydrogen (secondary N) is 1. The normalized spacial score (nSPS) is 11.8. The highest BCUT2D eigenvalue weighted by atomic mass is 35.5. The lowest BCUT2D eigenvalue weighted by atomic mass is 10.0. The van der Waals surface area contributed by atoms with E-state index in [2.05, 4.69) is 10.3 Å². The first-order valence-electron chi connectivity index (χ1n) is 5.12. The third-order valence-corrected chi connectivity index (χ3v) is 3.64. The molecule has 16 heavy (non-hydrogen) atoms. The van der Waals surface area contributed by atoms with Crippen LogP contribution in [0.1, 0.15) is 18.9 Å². The van der Waals surface area contributed by atoms with Gasteiger partial charge in [0.05, 0.1) is 6.20 Å². The van der Waals surface area contributed by atoms with Gasteiger partial charge in [0.25, 0.3) is 0 Å². The fourth-order valence-corrected chi connectivity index (χ4v) is 2.14. The molecular weight excluding hydrogens is 250 g/mol. The summed E-state index contributed by atoms with van der Waals surface area (Å²) in [6.45, 7) is 2.53. The maximum Gasteiger partial charge on any atom is 0.141 e. The molecule has 0 amide bonds. The molecule has 0 aliphatic carbocycles. The number of pyridine rings is 1. The van der Waals surface area contributed by atoms with Crippen LogP contribution in [0.5, 0.6) is 0 Å². The first kappa shape index (κ1) is 13.7. The third-order valence-electron chi connectivity index (χ3n) is 2.62. The van der Waals surface area contributed by atoms with Gasteiger partial charge in [-0.2, -0.15) is 0 Å². The molecule has 0 aliphatic heterocycles. The van der Waals surface area contributed by atoms with Gasteiger partial charge in [-0.15, -0.1) is 23.2 Å². The highest BCUT2D eigenvalue weighted by molar-refractivity contribution is 6.22. The van der Waals surface area contributed by atoms with Crippen molar-refractivity contribution in [3.8, 4) is 0 Å². The molecule has 5 heteroatoms. The molecule has 0 atom stereocenters. The lowest BCUT2D eigenvalue weighted by Gasteiger charge is -2.29. The van der Waals surface area contributed by atoms with Crippen molar-refractivity contribution in [3.05, 3.63) is 29.8 Å². The molecule has 1 aromatic rings. The van der Waals surface area contributed by atoms with Crippen LogP contribution in [0.4, 0.5) is 4.39 Å². The van der Waals surface area contributed by atoms with Crippen LogP contribution in [-0.4, -0.2) is 22.3 Å². The number of nitrogens with zero attached hydrogens (tertiary/aromatic N) is 1. The first-order chi connectivity index (χ1) is 7.65. The zero-order chi connectivity index (χ0) is 12.0. The van der Waals surface area contributed by atoms with E-state index < -0.39 is 0 Å². The number of alkyl halides is 2. The number of rotatable bonds is 6. The summed E-state index contributed by atoms with van der Waals surface area (Å²) < 4.78 is 12.9. The van der Waals surface area contributed by atoms with Crippen molar-refractivity contribution in [2.24, 2.45) is 0 Å². The van der Waals surface area contributed by atoms with Crippen LogP contribution in [0, 0.1) is 5.82 Å². The molecule has 0 saturated heterocycles. The Morgan fingerprint density at radius 2 is 2.06 bits per heavy atom. The standard InChI is InChI=1S/C11H15Cl2FN2/c1-2-11(7-12,8-13)16-5-9-3-10(14)6-15-4-9/h3-4,6,16H,2,5,7-8H2,1H3. The van der Waals surface area contributed by atoms with Crippen molar-refractivity contribution in [3.63, 3.8) is 0 Å². The predicted molar refractivity (Wildman–Crippen MR) is 65.5 cm³/mol. The fraction of sp³-hybridized carbons (Fsp3) is 0.545. The van der Waals surface area contributed by atoms with Crippen molar-refractivity contribution in [1.82, 2.24) is 10.3 Å². The largest absolute Gasteiger partial charge is 0.305 e. The molecule has 2 nitrogen and oxygen atoms in total. The Balaban J connectivity index is 2.62. The summed E-state index contributed by atoms with van der Waals surface area (Å²) in [5.41, 5.74) is 0.489. The van der Waals surface area contributed by atoms with E-state index in [1.54, 1.807) is 6.20 Å². The summed E-state index contributed by atoms with van der Waals surface area (Å²) in [7, 11) is 0. The quantitative estimate of drug-likeness (QED) is 0.800. The van der Waals surface area contributed by atoms with E-state index in [1.807, 2.05) is 6.92 Å².